The largest absolute Gasteiger partial charge is 0.468 e. The highest BCUT2D eigenvalue weighted by Gasteiger charge is 2.32. The van der Waals surface area contributed by atoms with Gasteiger partial charge in [-0.1, -0.05) is 12.8 Å². The molecule has 0 bridgehead atoms. The number of hydrogen-bond acceptors (Lipinski definition) is 5. The van der Waals surface area contributed by atoms with Crippen LogP contribution in [0.25, 0.3) is 0 Å². The van der Waals surface area contributed by atoms with Crippen LogP contribution in [-0.4, -0.2) is 65.7 Å². The number of urea groups is 2. The minimum absolute atomic E-state index is 0.462. The summed E-state index contributed by atoms with van der Waals surface area (Å²) >= 11 is 1.41. The Morgan fingerprint density at radius 1 is 1.20 bits per heavy atom. The van der Waals surface area contributed by atoms with Crippen LogP contribution in [0.4, 0.5) is 9.59 Å². The van der Waals surface area contributed by atoms with Crippen molar-refractivity contribution in [2.75, 3.05) is 33.5 Å². The molecule has 1 aliphatic rings. The molecule has 20 heavy (non-hydrogen) atoms. The van der Waals surface area contributed by atoms with Crippen molar-refractivity contribution in [1.82, 2.24) is 14.1 Å². The van der Waals surface area contributed by atoms with Crippen LogP contribution < -0.4 is 0 Å². The van der Waals surface area contributed by atoms with Gasteiger partial charge in [0.25, 0.3) is 0 Å². The maximum atomic E-state index is 12.5. The highest BCUT2D eigenvalue weighted by atomic mass is 32.2. The average Bonchev–Trinajstić information content (AvgIpc) is 2.37. The lowest BCUT2D eigenvalue weighted by atomic mass is 10.2. The first-order valence-corrected chi connectivity index (χ1v) is 7.51. The molecule has 114 valence electrons. The summed E-state index contributed by atoms with van der Waals surface area (Å²) in [6.45, 7) is 0.581. The fourth-order valence-electron chi connectivity index (χ4n) is 1.76. The molecule has 1 saturated heterocycles. The Balaban J connectivity index is 2.85. The topological polar surface area (TPSA) is 76.9 Å². The van der Waals surface area contributed by atoms with Crippen LogP contribution >= 0.6 is 11.9 Å². The summed E-state index contributed by atoms with van der Waals surface area (Å²) in [6.07, 6.45) is 4.21. The molecule has 4 amide bonds. The van der Waals surface area contributed by atoms with E-state index in [1.807, 2.05) is 0 Å². The van der Waals surface area contributed by atoms with E-state index in [0.717, 1.165) is 29.9 Å². The Bertz CT molecular complexity index is 368. The second-order valence-corrected chi connectivity index (χ2v) is 5.76. The van der Waals surface area contributed by atoms with Gasteiger partial charge < -0.3 is 9.64 Å². The predicted octanol–water partition coefficient (Wildman–Crippen LogP) is 2.20. The van der Waals surface area contributed by atoms with Crippen molar-refractivity contribution >= 4 is 30.0 Å². The molecule has 1 N–H and O–H groups in total. The molecule has 8 heteroatoms. The molecule has 0 aromatic rings. The average molecular weight is 302 g/mol. The SMILES string of the molecule is COC(=N)N(C(=O)N(C)C)C(=O)N1CCCCCCS1. The minimum Gasteiger partial charge on any atom is -0.468 e. The highest BCUT2D eigenvalue weighted by molar-refractivity contribution is 7.97. The van der Waals surface area contributed by atoms with Crippen LogP contribution in [0.3, 0.4) is 0 Å². The lowest BCUT2D eigenvalue weighted by Gasteiger charge is -2.30. The smallest absolute Gasteiger partial charge is 0.346 e. The molecule has 0 unspecified atom stereocenters. The summed E-state index contributed by atoms with van der Waals surface area (Å²) in [5, 5.41) is 7.66. The molecule has 7 nitrogen and oxygen atoms in total. The van der Waals surface area contributed by atoms with Crippen LogP contribution in [0.15, 0.2) is 0 Å². The molecular formula is C12H22N4O3S. The van der Waals surface area contributed by atoms with E-state index >= 15 is 0 Å². The maximum absolute atomic E-state index is 12.5. The van der Waals surface area contributed by atoms with E-state index in [1.165, 1.54) is 44.5 Å². The van der Waals surface area contributed by atoms with Gasteiger partial charge in [-0.2, -0.15) is 4.90 Å². The second kappa shape index (κ2) is 7.98. The molecule has 1 heterocycles. The fraction of sp³-hybridized carbons (Fsp3) is 0.750. The van der Waals surface area contributed by atoms with Gasteiger partial charge in [0.15, 0.2) is 0 Å². The van der Waals surface area contributed by atoms with Crippen molar-refractivity contribution in [3.05, 3.63) is 0 Å². The van der Waals surface area contributed by atoms with E-state index < -0.39 is 18.1 Å². The zero-order valence-corrected chi connectivity index (χ0v) is 13.0. The van der Waals surface area contributed by atoms with Gasteiger partial charge in [0, 0.05) is 26.4 Å². The maximum Gasteiger partial charge on any atom is 0.346 e. The van der Waals surface area contributed by atoms with Crippen molar-refractivity contribution in [3.8, 4) is 0 Å². The monoisotopic (exact) mass is 302 g/mol. The van der Waals surface area contributed by atoms with Gasteiger partial charge in [0.1, 0.15) is 0 Å². The van der Waals surface area contributed by atoms with Crippen molar-refractivity contribution in [3.63, 3.8) is 0 Å². The third kappa shape index (κ3) is 4.29. The fourth-order valence-corrected chi connectivity index (χ4v) is 2.76. The van der Waals surface area contributed by atoms with Crippen LogP contribution in [-0.2, 0) is 4.74 Å². The summed E-state index contributed by atoms with van der Waals surface area (Å²) in [4.78, 5) is 26.5. The van der Waals surface area contributed by atoms with E-state index in [0.29, 0.717) is 6.54 Å². The number of hydrogen-bond donors (Lipinski definition) is 1. The predicted molar refractivity (Wildman–Crippen MR) is 78.7 cm³/mol. The number of imide groups is 1. The summed E-state index contributed by atoms with van der Waals surface area (Å²) in [5.74, 6) is 0.843. The van der Waals surface area contributed by atoms with Crippen molar-refractivity contribution in [1.29, 1.82) is 5.41 Å². The van der Waals surface area contributed by atoms with Gasteiger partial charge in [-0.25, -0.2) is 9.59 Å². The molecule has 0 aromatic carbocycles. The first-order valence-electron chi connectivity index (χ1n) is 6.57. The number of nitrogens with zero attached hydrogens (tertiary/aromatic N) is 3. The Morgan fingerprint density at radius 3 is 2.45 bits per heavy atom. The number of ether oxygens (including phenoxy) is 1. The van der Waals surface area contributed by atoms with Crippen molar-refractivity contribution < 1.29 is 14.3 Å². The molecule has 0 aromatic heterocycles. The van der Waals surface area contributed by atoms with Crippen LogP contribution in [0, 0.1) is 5.41 Å². The standard InChI is InChI=1S/C12H22N4O3S/c1-14(2)11(17)16(10(13)19-3)12(18)15-8-6-4-5-7-9-20-15/h13H,4-9H2,1-3H3. The molecule has 1 rings (SSSR count). The zero-order chi connectivity index (χ0) is 15.1. The lowest BCUT2D eigenvalue weighted by Crippen LogP contribution is -2.51. The number of nitrogens with one attached hydrogen (secondary N) is 1. The highest BCUT2D eigenvalue weighted by Crippen LogP contribution is 2.21. The summed E-state index contributed by atoms with van der Waals surface area (Å²) in [5.41, 5.74) is 0. The van der Waals surface area contributed by atoms with Crippen LogP contribution in [0.5, 0.6) is 0 Å². The normalized spacial score (nSPS) is 15.8. The molecule has 0 radical (unpaired) electrons. The van der Waals surface area contributed by atoms with Gasteiger partial charge in [-0.3, -0.25) is 9.71 Å². The van der Waals surface area contributed by atoms with Gasteiger partial charge in [-0.05, 0) is 24.8 Å². The van der Waals surface area contributed by atoms with E-state index in [4.69, 9.17) is 10.1 Å². The van der Waals surface area contributed by atoms with E-state index in [-0.39, 0.29) is 0 Å². The Morgan fingerprint density at radius 2 is 1.85 bits per heavy atom. The summed E-state index contributed by atoms with van der Waals surface area (Å²) in [7, 11) is 4.34. The number of rotatable bonds is 0. The van der Waals surface area contributed by atoms with Crippen molar-refractivity contribution in [2.24, 2.45) is 0 Å². The number of carbonyl (C=O) groups excluding carboxylic acids is 2. The number of methoxy groups -OCH3 is 1. The number of amides is 4. The first kappa shape index (κ1) is 16.6. The van der Waals surface area contributed by atoms with E-state index in [9.17, 15) is 9.59 Å². The molecule has 0 spiro atoms. The summed E-state index contributed by atoms with van der Waals surface area (Å²) < 4.78 is 6.31. The molecule has 0 saturated carbocycles. The lowest BCUT2D eigenvalue weighted by molar-refractivity contribution is 0.168. The van der Waals surface area contributed by atoms with Crippen LogP contribution in [0.2, 0.25) is 0 Å². The number of amidine groups is 1. The van der Waals surface area contributed by atoms with Gasteiger partial charge in [0.05, 0.1) is 7.11 Å². The quantitative estimate of drug-likeness (QED) is 0.423. The summed E-state index contributed by atoms with van der Waals surface area (Å²) in [6, 6.07) is -1.55. The second-order valence-electron chi connectivity index (χ2n) is 4.65. The van der Waals surface area contributed by atoms with Crippen molar-refractivity contribution in [2.45, 2.75) is 25.7 Å². The van der Waals surface area contributed by atoms with E-state index in [1.54, 1.807) is 4.31 Å². The molecule has 0 atom stereocenters. The Kier molecular flexibility index (Phi) is 6.63. The Hall–Kier alpha value is -1.44. The van der Waals surface area contributed by atoms with Gasteiger partial charge in [-0.15, -0.1) is 0 Å². The molecule has 1 fully saturated rings. The molecule has 1 aliphatic heterocycles. The zero-order valence-electron chi connectivity index (χ0n) is 12.2. The van der Waals surface area contributed by atoms with Gasteiger partial charge in [0.2, 0.25) is 0 Å². The molecular weight excluding hydrogens is 280 g/mol. The van der Waals surface area contributed by atoms with Crippen LogP contribution in [0.1, 0.15) is 25.7 Å². The minimum atomic E-state index is -0.579. The third-order valence-corrected chi connectivity index (χ3v) is 4.00. The van der Waals surface area contributed by atoms with E-state index in [2.05, 4.69) is 0 Å². The molecule has 0 aliphatic carbocycles. The first-order chi connectivity index (χ1) is 9.49. The third-order valence-electron chi connectivity index (χ3n) is 2.88. The number of carbonyl (C=O) groups is 2. The van der Waals surface area contributed by atoms with Gasteiger partial charge >= 0.3 is 18.1 Å². The Labute approximate surface area is 123 Å².